The second-order valence-corrected chi connectivity index (χ2v) is 4.37. The topological polar surface area (TPSA) is 85.5 Å². The summed E-state index contributed by atoms with van der Waals surface area (Å²) >= 11 is 6.00. The van der Waals surface area contributed by atoms with Crippen molar-refractivity contribution in [3.05, 3.63) is 17.3 Å². The fraction of sp³-hybridized carbons (Fsp3) is 0.455. The molecule has 0 unspecified atom stereocenters. The van der Waals surface area contributed by atoms with Crippen LogP contribution in [-0.2, 0) is 0 Å². The summed E-state index contributed by atoms with van der Waals surface area (Å²) in [6, 6.07) is 1.85. The predicted octanol–water partition coefficient (Wildman–Crippen LogP) is 1.14. The molecule has 4 N–H and O–H groups in total. The maximum Gasteiger partial charge on any atom is 0.178 e. The van der Waals surface area contributed by atoms with Crippen LogP contribution in [0.5, 0.6) is 0 Å². The summed E-state index contributed by atoms with van der Waals surface area (Å²) in [5, 5.41) is 4.60. The summed E-state index contributed by atoms with van der Waals surface area (Å²) in [6.45, 7) is 2.07. The van der Waals surface area contributed by atoms with Gasteiger partial charge in [0.1, 0.15) is 16.7 Å². The van der Waals surface area contributed by atoms with Gasteiger partial charge in [-0.15, -0.1) is 0 Å². The standard InChI is InChI=1S/C10H12ClN5.CH5N/c11-7-6-13-16-8(12)5-9(14-10(7)16)15-3-1-2-4-15;1-2/h5-6H,1-4,12H2;2H2,1H3. The lowest BCUT2D eigenvalue weighted by molar-refractivity contribution is 0.906. The van der Waals surface area contributed by atoms with Gasteiger partial charge in [0.15, 0.2) is 5.65 Å². The number of anilines is 2. The molecule has 6 nitrogen and oxygen atoms in total. The van der Waals surface area contributed by atoms with Crippen molar-refractivity contribution in [2.75, 3.05) is 30.8 Å². The lowest BCUT2D eigenvalue weighted by atomic mass is 10.4. The van der Waals surface area contributed by atoms with Crippen molar-refractivity contribution < 1.29 is 0 Å². The summed E-state index contributed by atoms with van der Waals surface area (Å²) < 4.78 is 1.56. The van der Waals surface area contributed by atoms with E-state index in [1.807, 2.05) is 6.07 Å². The van der Waals surface area contributed by atoms with Gasteiger partial charge in [-0.3, -0.25) is 0 Å². The molecule has 1 aliphatic rings. The van der Waals surface area contributed by atoms with Crippen molar-refractivity contribution in [1.82, 2.24) is 14.6 Å². The molecule has 2 aromatic heterocycles. The van der Waals surface area contributed by atoms with Crippen LogP contribution in [0.4, 0.5) is 11.6 Å². The SMILES string of the molecule is CN.Nc1cc(N2CCCC2)nc2c(Cl)cnn12. The van der Waals surface area contributed by atoms with Crippen molar-refractivity contribution in [2.24, 2.45) is 5.73 Å². The molecule has 0 saturated carbocycles. The van der Waals surface area contributed by atoms with E-state index >= 15 is 0 Å². The van der Waals surface area contributed by atoms with Gasteiger partial charge >= 0.3 is 0 Å². The highest BCUT2D eigenvalue weighted by Crippen LogP contribution is 2.24. The molecule has 1 aliphatic heterocycles. The van der Waals surface area contributed by atoms with Crippen LogP contribution in [0.3, 0.4) is 0 Å². The normalized spacial score (nSPS) is 14.7. The minimum atomic E-state index is 0.535. The third-order valence-electron chi connectivity index (χ3n) is 2.87. The summed E-state index contributed by atoms with van der Waals surface area (Å²) in [5.74, 6) is 1.46. The molecule has 18 heavy (non-hydrogen) atoms. The molecular weight excluding hydrogens is 252 g/mol. The Morgan fingerprint density at radius 3 is 2.61 bits per heavy atom. The van der Waals surface area contributed by atoms with Crippen LogP contribution in [0, 0.1) is 0 Å². The van der Waals surface area contributed by atoms with Gasteiger partial charge in [-0.05, 0) is 19.9 Å². The minimum absolute atomic E-state index is 0.535. The third kappa shape index (κ3) is 2.21. The van der Waals surface area contributed by atoms with E-state index in [1.165, 1.54) is 19.9 Å². The Morgan fingerprint density at radius 1 is 1.28 bits per heavy atom. The first-order valence-corrected chi connectivity index (χ1v) is 6.26. The number of aromatic nitrogens is 3. The number of hydrogen-bond acceptors (Lipinski definition) is 5. The Balaban J connectivity index is 0.000000574. The van der Waals surface area contributed by atoms with Crippen LogP contribution in [0.15, 0.2) is 12.3 Å². The number of fused-ring (bicyclic) bond motifs is 1. The number of halogens is 1. The molecule has 0 spiro atoms. The zero-order valence-electron chi connectivity index (χ0n) is 10.3. The lowest BCUT2D eigenvalue weighted by Crippen LogP contribution is -2.19. The van der Waals surface area contributed by atoms with Crippen LogP contribution in [0.25, 0.3) is 5.65 Å². The Morgan fingerprint density at radius 2 is 1.94 bits per heavy atom. The molecule has 2 aromatic rings. The van der Waals surface area contributed by atoms with Gasteiger partial charge in [0.25, 0.3) is 0 Å². The van der Waals surface area contributed by atoms with E-state index in [1.54, 1.807) is 10.7 Å². The Kier molecular flexibility index (Phi) is 3.88. The maximum atomic E-state index is 6.00. The summed E-state index contributed by atoms with van der Waals surface area (Å²) in [5.41, 5.74) is 11.0. The van der Waals surface area contributed by atoms with Crippen LogP contribution in [0.1, 0.15) is 12.8 Å². The second kappa shape index (κ2) is 5.41. The zero-order chi connectivity index (χ0) is 13.1. The van der Waals surface area contributed by atoms with Gasteiger partial charge in [0, 0.05) is 19.2 Å². The fourth-order valence-electron chi connectivity index (χ4n) is 2.05. The van der Waals surface area contributed by atoms with Crippen LogP contribution in [-0.4, -0.2) is 34.7 Å². The van der Waals surface area contributed by atoms with Crippen LogP contribution < -0.4 is 16.4 Å². The lowest BCUT2D eigenvalue weighted by Gasteiger charge is -2.16. The van der Waals surface area contributed by atoms with Crippen molar-refractivity contribution in [3.8, 4) is 0 Å². The third-order valence-corrected chi connectivity index (χ3v) is 3.14. The van der Waals surface area contributed by atoms with E-state index in [-0.39, 0.29) is 0 Å². The molecule has 1 saturated heterocycles. The summed E-state index contributed by atoms with van der Waals surface area (Å²) in [6.07, 6.45) is 3.98. The largest absolute Gasteiger partial charge is 0.383 e. The quantitative estimate of drug-likeness (QED) is 0.810. The number of hydrogen-bond donors (Lipinski definition) is 2. The van der Waals surface area contributed by atoms with Crippen molar-refractivity contribution >= 4 is 28.9 Å². The smallest absolute Gasteiger partial charge is 0.178 e. The highest BCUT2D eigenvalue weighted by atomic mass is 35.5. The molecule has 0 amide bonds. The Bertz CT molecular complexity index is 532. The number of nitrogens with zero attached hydrogens (tertiary/aromatic N) is 4. The van der Waals surface area contributed by atoms with E-state index in [0.717, 1.165) is 18.9 Å². The molecule has 7 heteroatoms. The monoisotopic (exact) mass is 268 g/mol. The first-order chi connectivity index (χ1) is 8.75. The van der Waals surface area contributed by atoms with Gasteiger partial charge in [-0.1, -0.05) is 11.6 Å². The number of nitrogens with two attached hydrogens (primary N) is 2. The summed E-state index contributed by atoms with van der Waals surface area (Å²) in [7, 11) is 1.50. The average molecular weight is 269 g/mol. The first kappa shape index (κ1) is 12.9. The molecule has 3 rings (SSSR count). The first-order valence-electron chi connectivity index (χ1n) is 5.88. The van der Waals surface area contributed by atoms with E-state index < -0.39 is 0 Å². The second-order valence-electron chi connectivity index (χ2n) is 3.96. The predicted molar refractivity (Wildman–Crippen MR) is 74.0 cm³/mol. The van der Waals surface area contributed by atoms with Gasteiger partial charge in [-0.25, -0.2) is 4.98 Å². The van der Waals surface area contributed by atoms with E-state index in [2.05, 4.69) is 20.7 Å². The molecule has 0 aliphatic carbocycles. The Hall–Kier alpha value is -1.53. The van der Waals surface area contributed by atoms with Crippen molar-refractivity contribution in [1.29, 1.82) is 0 Å². The summed E-state index contributed by atoms with van der Waals surface area (Å²) in [4.78, 5) is 6.71. The molecule has 0 bridgehead atoms. The molecule has 98 valence electrons. The van der Waals surface area contributed by atoms with E-state index in [4.69, 9.17) is 17.3 Å². The molecular formula is C11H17ClN6. The molecule has 3 heterocycles. The van der Waals surface area contributed by atoms with E-state index in [9.17, 15) is 0 Å². The van der Waals surface area contributed by atoms with E-state index in [0.29, 0.717) is 16.5 Å². The average Bonchev–Trinajstić information content (AvgIpc) is 3.02. The van der Waals surface area contributed by atoms with Crippen molar-refractivity contribution in [3.63, 3.8) is 0 Å². The van der Waals surface area contributed by atoms with Gasteiger partial charge in [-0.2, -0.15) is 9.61 Å². The van der Waals surface area contributed by atoms with Crippen molar-refractivity contribution in [2.45, 2.75) is 12.8 Å². The van der Waals surface area contributed by atoms with Crippen LogP contribution >= 0.6 is 11.6 Å². The zero-order valence-corrected chi connectivity index (χ0v) is 11.1. The Labute approximate surface area is 111 Å². The highest BCUT2D eigenvalue weighted by Gasteiger charge is 2.16. The van der Waals surface area contributed by atoms with Crippen LogP contribution in [0.2, 0.25) is 5.02 Å². The fourth-order valence-corrected chi connectivity index (χ4v) is 2.22. The highest BCUT2D eigenvalue weighted by molar-refractivity contribution is 6.33. The number of nitrogen functional groups attached to an aromatic ring is 1. The molecule has 0 atom stereocenters. The van der Waals surface area contributed by atoms with Gasteiger partial charge in [0.05, 0.1) is 6.20 Å². The maximum absolute atomic E-state index is 6.00. The van der Waals surface area contributed by atoms with Gasteiger partial charge < -0.3 is 16.4 Å². The molecule has 1 fully saturated rings. The minimum Gasteiger partial charge on any atom is -0.383 e. The van der Waals surface area contributed by atoms with Gasteiger partial charge in [0.2, 0.25) is 0 Å². The number of rotatable bonds is 1. The molecule has 0 aromatic carbocycles. The molecule has 0 radical (unpaired) electrons.